The van der Waals surface area contributed by atoms with E-state index in [0.717, 1.165) is 25.1 Å². The summed E-state index contributed by atoms with van der Waals surface area (Å²) in [6.45, 7) is 0.805. The molecule has 134 valence electrons. The Morgan fingerprint density at radius 3 is 2.62 bits per heavy atom. The Balaban J connectivity index is 1.61. The van der Waals surface area contributed by atoms with Crippen LogP contribution in [0.3, 0.4) is 0 Å². The zero-order valence-electron chi connectivity index (χ0n) is 14.0. The standard InChI is InChI=1S/C18H18N4O3S/c19-12-14-7-9-16(10-8-14)26(24,25)21-20-18(23)13-22-11-3-5-15-4-1-2-6-17(15)22/h1-2,4,6-10,21H,3,5,11,13H2,(H,20,23). The van der Waals surface area contributed by atoms with Gasteiger partial charge in [-0.05, 0) is 48.7 Å². The lowest BCUT2D eigenvalue weighted by atomic mass is 10.0. The Kier molecular flexibility index (Phi) is 5.21. The number of hydrogen-bond acceptors (Lipinski definition) is 5. The van der Waals surface area contributed by atoms with Crippen molar-refractivity contribution in [2.24, 2.45) is 0 Å². The summed E-state index contributed by atoms with van der Waals surface area (Å²) in [6, 6.07) is 15.2. The molecule has 0 unspecified atom stereocenters. The number of benzene rings is 2. The summed E-state index contributed by atoms with van der Waals surface area (Å²) in [5, 5.41) is 8.76. The van der Waals surface area contributed by atoms with E-state index < -0.39 is 15.9 Å². The maximum Gasteiger partial charge on any atom is 0.257 e. The van der Waals surface area contributed by atoms with Crippen LogP contribution in [0.4, 0.5) is 5.69 Å². The van der Waals surface area contributed by atoms with E-state index in [4.69, 9.17) is 5.26 Å². The molecule has 0 spiro atoms. The van der Waals surface area contributed by atoms with Crippen LogP contribution in [0.1, 0.15) is 17.5 Å². The molecule has 0 saturated carbocycles. The molecule has 0 radical (unpaired) electrons. The van der Waals surface area contributed by atoms with Crippen molar-refractivity contribution in [2.45, 2.75) is 17.7 Å². The van der Waals surface area contributed by atoms with Crippen LogP contribution in [-0.2, 0) is 21.2 Å². The second kappa shape index (κ2) is 7.56. The highest BCUT2D eigenvalue weighted by Gasteiger charge is 2.20. The van der Waals surface area contributed by atoms with E-state index in [1.54, 1.807) is 0 Å². The molecule has 3 rings (SSSR count). The number of fused-ring (bicyclic) bond motifs is 1. The minimum atomic E-state index is -3.89. The molecule has 1 aliphatic heterocycles. The predicted octanol–water partition coefficient (Wildman–Crippen LogP) is 1.32. The van der Waals surface area contributed by atoms with Crippen LogP contribution in [0, 0.1) is 11.3 Å². The fourth-order valence-electron chi connectivity index (χ4n) is 2.88. The number of para-hydroxylation sites is 1. The van der Waals surface area contributed by atoms with Gasteiger partial charge in [-0.1, -0.05) is 18.2 Å². The molecule has 8 heteroatoms. The highest BCUT2D eigenvalue weighted by Crippen LogP contribution is 2.26. The molecule has 0 atom stereocenters. The number of amides is 1. The number of aryl methyl sites for hydroxylation is 1. The quantitative estimate of drug-likeness (QED) is 0.773. The van der Waals surface area contributed by atoms with Gasteiger partial charge < -0.3 is 4.90 Å². The van der Waals surface area contributed by atoms with E-state index in [1.807, 2.05) is 35.2 Å². The molecule has 2 N–H and O–H groups in total. The number of carbonyl (C=O) groups excluding carboxylic acids is 1. The summed E-state index contributed by atoms with van der Waals surface area (Å²) >= 11 is 0. The van der Waals surface area contributed by atoms with E-state index >= 15 is 0 Å². The fraction of sp³-hybridized carbons (Fsp3) is 0.222. The Labute approximate surface area is 152 Å². The van der Waals surface area contributed by atoms with Crippen molar-refractivity contribution in [3.8, 4) is 6.07 Å². The van der Waals surface area contributed by atoms with Gasteiger partial charge in [0.05, 0.1) is 23.1 Å². The lowest BCUT2D eigenvalue weighted by Gasteiger charge is -2.30. The monoisotopic (exact) mass is 370 g/mol. The van der Waals surface area contributed by atoms with Crippen LogP contribution < -0.4 is 15.2 Å². The molecular formula is C18H18N4O3S. The van der Waals surface area contributed by atoms with Gasteiger partial charge in [0.1, 0.15) is 0 Å². The molecular weight excluding hydrogens is 352 g/mol. The summed E-state index contributed by atoms with van der Waals surface area (Å²) in [6.07, 6.45) is 1.92. The Morgan fingerprint density at radius 1 is 1.15 bits per heavy atom. The van der Waals surface area contributed by atoms with Gasteiger partial charge in [-0.25, -0.2) is 8.42 Å². The van der Waals surface area contributed by atoms with Crippen LogP contribution in [0.25, 0.3) is 0 Å². The number of carbonyl (C=O) groups is 1. The maximum atomic E-state index is 12.2. The summed E-state index contributed by atoms with van der Waals surface area (Å²) < 4.78 is 24.4. The number of anilines is 1. The molecule has 26 heavy (non-hydrogen) atoms. The fourth-order valence-corrected chi connectivity index (χ4v) is 3.74. The third-order valence-electron chi connectivity index (χ3n) is 4.16. The van der Waals surface area contributed by atoms with Gasteiger partial charge in [0, 0.05) is 12.2 Å². The SMILES string of the molecule is N#Cc1ccc(S(=O)(=O)NNC(=O)CN2CCCc3ccccc32)cc1. The zero-order chi connectivity index (χ0) is 18.6. The number of rotatable bonds is 5. The first-order chi connectivity index (χ1) is 12.5. The Hall–Kier alpha value is -2.89. The Morgan fingerprint density at radius 2 is 1.88 bits per heavy atom. The third-order valence-corrected chi connectivity index (χ3v) is 5.42. The minimum absolute atomic E-state index is 0.0277. The van der Waals surface area contributed by atoms with Crippen molar-refractivity contribution in [1.82, 2.24) is 10.3 Å². The molecule has 0 aliphatic carbocycles. The lowest BCUT2D eigenvalue weighted by Crippen LogP contribution is -2.47. The normalized spacial score (nSPS) is 13.6. The second-order valence-electron chi connectivity index (χ2n) is 5.94. The highest BCUT2D eigenvalue weighted by molar-refractivity contribution is 7.89. The van der Waals surface area contributed by atoms with Gasteiger partial charge in [-0.2, -0.15) is 5.26 Å². The summed E-state index contributed by atoms with van der Waals surface area (Å²) in [4.78, 5) is 16.2. The molecule has 2 aromatic carbocycles. The number of nitriles is 1. The number of hydrazine groups is 1. The van der Waals surface area contributed by atoms with Gasteiger partial charge in [0.25, 0.3) is 15.9 Å². The number of nitrogens with one attached hydrogen (secondary N) is 2. The van der Waals surface area contributed by atoms with Gasteiger partial charge in [0.15, 0.2) is 0 Å². The second-order valence-corrected chi connectivity index (χ2v) is 7.63. The van der Waals surface area contributed by atoms with E-state index in [2.05, 4.69) is 10.3 Å². The van der Waals surface area contributed by atoms with Crippen LogP contribution in [0.5, 0.6) is 0 Å². The first kappa shape index (κ1) is 17.9. The van der Waals surface area contributed by atoms with Crippen molar-refractivity contribution < 1.29 is 13.2 Å². The molecule has 1 amide bonds. The zero-order valence-corrected chi connectivity index (χ0v) is 14.8. The van der Waals surface area contributed by atoms with Crippen molar-refractivity contribution in [1.29, 1.82) is 5.26 Å². The predicted molar refractivity (Wildman–Crippen MR) is 96.6 cm³/mol. The third kappa shape index (κ3) is 4.02. The molecule has 0 fully saturated rings. The average Bonchev–Trinajstić information content (AvgIpc) is 2.67. The average molecular weight is 370 g/mol. The van der Waals surface area contributed by atoms with Crippen molar-refractivity contribution in [3.63, 3.8) is 0 Å². The summed E-state index contributed by atoms with van der Waals surface area (Å²) in [5.41, 5.74) is 4.79. The first-order valence-electron chi connectivity index (χ1n) is 8.13. The molecule has 2 aromatic rings. The van der Waals surface area contributed by atoms with E-state index in [9.17, 15) is 13.2 Å². The first-order valence-corrected chi connectivity index (χ1v) is 9.61. The van der Waals surface area contributed by atoms with E-state index in [0.29, 0.717) is 5.56 Å². The van der Waals surface area contributed by atoms with Crippen LogP contribution in [-0.4, -0.2) is 27.4 Å². The highest BCUT2D eigenvalue weighted by atomic mass is 32.2. The summed E-state index contributed by atoms with van der Waals surface area (Å²) in [5.74, 6) is -0.445. The number of hydrogen-bond donors (Lipinski definition) is 2. The molecule has 7 nitrogen and oxygen atoms in total. The van der Waals surface area contributed by atoms with Crippen molar-refractivity contribution >= 4 is 21.6 Å². The van der Waals surface area contributed by atoms with Crippen molar-refractivity contribution in [3.05, 3.63) is 59.7 Å². The summed E-state index contributed by atoms with van der Waals surface area (Å²) in [7, 11) is -3.89. The van der Waals surface area contributed by atoms with Gasteiger partial charge >= 0.3 is 0 Å². The molecule has 1 heterocycles. The van der Waals surface area contributed by atoms with Crippen LogP contribution >= 0.6 is 0 Å². The molecule has 0 saturated heterocycles. The van der Waals surface area contributed by atoms with Crippen molar-refractivity contribution in [2.75, 3.05) is 18.0 Å². The number of nitrogens with zero attached hydrogens (tertiary/aromatic N) is 2. The smallest absolute Gasteiger partial charge is 0.257 e. The number of sulfonamides is 1. The lowest BCUT2D eigenvalue weighted by molar-refractivity contribution is -0.120. The largest absolute Gasteiger partial charge is 0.362 e. The molecule has 0 aromatic heterocycles. The van der Waals surface area contributed by atoms with Gasteiger partial charge in [-0.3, -0.25) is 10.2 Å². The van der Waals surface area contributed by atoms with Crippen LogP contribution in [0.2, 0.25) is 0 Å². The molecule has 0 bridgehead atoms. The van der Waals surface area contributed by atoms with Gasteiger partial charge in [0.2, 0.25) is 0 Å². The Bertz CT molecular complexity index is 949. The van der Waals surface area contributed by atoms with Crippen LogP contribution in [0.15, 0.2) is 53.4 Å². The van der Waals surface area contributed by atoms with E-state index in [-0.39, 0.29) is 11.4 Å². The minimum Gasteiger partial charge on any atom is -0.362 e. The maximum absolute atomic E-state index is 12.2. The van der Waals surface area contributed by atoms with Gasteiger partial charge in [-0.15, -0.1) is 4.83 Å². The topological polar surface area (TPSA) is 102 Å². The van der Waals surface area contributed by atoms with E-state index in [1.165, 1.54) is 29.8 Å². The molecule has 1 aliphatic rings.